The number of anilines is 1. The second-order valence-corrected chi connectivity index (χ2v) is 3.43. The van der Waals surface area contributed by atoms with Crippen molar-refractivity contribution >= 4 is 18.0 Å². The number of hydrogen-bond acceptors (Lipinski definition) is 2. The van der Waals surface area contributed by atoms with Gasteiger partial charge in [0.05, 0.1) is 0 Å². The highest BCUT2D eigenvalue weighted by Gasteiger charge is 1.98. The molecule has 0 N–H and O–H groups in total. The van der Waals surface area contributed by atoms with Gasteiger partial charge in [0.1, 0.15) is 6.29 Å². The van der Waals surface area contributed by atoms with E-state index in [-0.39, 0.29) is 0 Å². The van der Waals surface area contributed by atoms with Crippen LogP contribution in [-0.2, 0) is 4.79 Å². The van der Waals surface area contributed by atoms with Crippen molar-refractivity contribution in [3.8, 4) is 0 Å². The summed E-state index contributed by atoms with van der Waals surface area (Å²) >= 11 is 0. The predicted molar refractivity (Wildman–Crippen MR) is 60.6 cm³/mol. The van der Waals surface area contributed by atoms with Gasteiger partial charge in [-0.2, -0.15) is 0 Å². The van der Waals surface area contributed by atoms with E-state index in [2.05, 4.69) is 11.0 Å². The molecule has 0 aliphatic heterocycles. The average molecular weight is 189 g/mol. The normalized spacial score (nSPS) is 10.5. The molecule has 0 amide bonds. The number of benzene rings is 1. The third-order valence-corrected chi connectivity index (χ3v) is 2.12. The van der Waals surface area contributed by atoms with Gasteiger partial charge in [0.25, 0.3) is 0 Å². The summed E-state index contributed by atoms with van der Waals surface area (Å²) in [7, 11) is 4.02. The van der Waals surface area contributed by atoms with Crippen LogP contribution in [0.2, 0.25) is 0 Å². The van der Waals surface area contributed by atoms with Crippen LogP contribution in [0, 0.1) is 6.92 Å². The molecule has 0 bridgehead atoms. The van der Waals surface area contributed by atoms with Crippen molar-refractivity contribution in [2.75, 3.05) is 19.0 Å². The van der Waals surface area contributed by atoms with Crippen LogP contribution in [0.5, 0.6) is 0 Å². The molecular formula is C12H15NO. The summed E-state index contributed by atoms with van der Waals surface area (Å²) < 4.78 is 0. The Morgan fingerprint density at radius 1 is 1.29 bits per heavy atom. The standard InChI is InChI=1S/C12H15NO/c1-10-9-12(13(2)3)7-6-11(10)5-4-8-14/h4-9H,1-3H3. The van der Waals surface area contributed by atoms with Crippen LogP contribution >= 0.6 is 0 Å². The van der Waals surface area contributed by atoms with E-state index >= 15 is 0 Å². The topological polar surface area (TPSA) is 20.3 Å². The Hall–Kier alpha value is -1.57. The van der Waals surface area contributed by atoms with Crippen molar-refractivity contribution < 1.29 is 4.79 Å². The zero-order chi connectivity index (χ0) is 10.6. The molecule has 0 spiro atoms. The molecule has 1 aromatic rings. The maximum atomic E-state index is 10.2. The third kappa shape index (κ3) is 2.46. The van der Waals surface area contributed by atoms with Crippen LogP contribution in [0.1, 0.15) is 11.1 Å². The minimum absolute atomic E-state index is 0.791. The van der Waals surface area contributed by atoms with Crippen LogP contribution in [0.15, 0.2) is 24.3 Å². The number of hydrogen-bond donors (Lipinski definition) is 0. The van der Waals surface area contributed by atoms with Crippen LogP contribution in [0.4, 0.5) is 5.69 Å². The highest BCUT2D eigenvalue weighted by molar-refractivity contribution is 5.75. The summed E-state index contributed by atoms with van der Waals surface area (Å²) in [6.07, 6.45) is 4.12. The van der Waals surface area contributed by atoms with Gasteiger partial charge in [0.15, 0.2) is 0 Å². The van der Waals surface area contributed by atoms with Gasteiger partial charge in [-0.1, -0.05) is 12.1 Å². The van der Waals surface area contributed by atoms with Crippen molar-refractivity contribution in [2.24, 2.45) is 0 Å². The van der Waals surface area contributed by atoms with Gasteiger partial charge in [-0.3, -0.25) is 4.79 Å². The molecule has 0 heterocycles. The number of carbonyl (C=O) groups is 1. The van der Waals surface area contributed by atoms with Crippen molar-refractivity contribution in [1.29, 1.82) is 0 Å². The van der Waals surface area contributed by atoms with E-state index in [1.54, 1.807) is 0 Å². The Morgan fingerprint density at radius 3 is 2.50 bits per heavy atom. The number of aldehydes is 1. The highest BCUT2D eigenvalue weighted by Crippen LogP contribution is 2.18. The molecule has 1 aromatic carbocycles. The van der Waals surface area contributed by atoms with Crippen molar-refractivity contribution in [3.05, 3.63) is 35.4 Å². The Balaban J connectivity index is 3.01. The lowest BCUT2D eigenvalue weighted by Crippen LogP contribution is -2.08. The molecule has 1 rings (SSSR count). The second kappa shape index (κ2) is 4.61. The number of carbonyl (C=O) groups excluding carboxylic acids is 1. The Morgan fingerprint density at radius 2 is 2.00 bits per heavy atom. The summed E-state index contributed by atoms with van der Waals surface area (Å²) in [5.74, 6) is 0. The number of nitrogens with zero attached hydrogens (tertiary/aromatic N) is 1. The number of rotatable bonds is 3. The molecule has 0 atom stereocenters. The molecule has 0 saturated heterocycles. The van der Waals surface area contributed by atoms with Gasteiger partial charge in [0, 0.05) is 19.8 Å². The van der Waals surface area contributed by atoms with Crippen LogP contribution in [-0.4, -0.2) is 20.4 Å². The van der Waals surface area contributed by atoms with E-state index in [0.29, 0.717) is 0 Å². The summed E-state index contributed by atoms with van der Waals surface area (Å²) in [4.78, 5) is 12.2. The summed E-state index contributed by atoms with van der Waals surface area (Å²) in [5, 5.41) is 0. The fourth-order valence-electron chi connectivity index (χ4n) is 1.27. The molecule has 74 valence electrons. The molecule has 2 nitrogen and oxygen atoms in total. The monoisotopic (exact) mass is 189 g/mol. The Labute approximate surface area is 84.9 Å². The minimum atomic E-state index is 0.791. The van der Waals surface area contributed by atoms with Crippen molar-refractivity contribution in [1.82, 2.24) is 0 Å². The molecule has 0 aliphatic carbocycles. The van der Waals surface area contributed by atoms with E-state index < -0.39 is 0 Å². The fourth-order valence-corrected chi connectivity index (χ4v) is 1.27. The lowest BCUT2D eigenvalue weighted by atomic mass is 10.1. The largest absolute Gasteiger partial charge is 0.378 e. The second-order valence-electron chi connectivity index (χ2n) is 3.43. The van der Waals surface area contributed by atoms with Gasteiger partial charge in [0.2, 0.25) is 0 Å². The molecule has 0 aromatic heterocycles. The average Bonchev–Trinajstić information content (AvgIpc) is 2.15. The van der Waals surface area contributed by atoms with E-state index in [1.165, 1.54) is 17.3 Å². The number of aryl methyl sites for hydroxylation is 1. The molecule has 2 heteroatoms. The van der Waals surface area contributed by atoms with Gasteiger partial charge in [-0.05, 0) is 36.3 Å². The van der Waals surface area contributed by atoms with Crippen LogP contribution < -0.4 is 4.90 Å². The molecular weight excluding hydrogens is 174 g/mol. The predicted octanol–water partition coefficient (Wildman–Crippen LogP) is 2.27. The summed E-state index contributed by atoms with van der Waals surface area (Å²) in [6.45, 7) is 2.04. The lowest BCUT2D eigenvalue weighted by Gasteiger charge is -2.13. The first-order valence-electron chi connectivity index (χ1n) is 4.55. The van der Waals surface area contributed by atoms with Gasteiger partial charge in [-0.15, -0.1) is 0 Å². The van der Waals surface area contributed by atoms with E-state index in [4.69, 9.17) is 0 Å². The minimum Gasteiger partial charge on any atom is -0.378 e. The third-order valence-electron chi connectivity index (χ3n) is 2.12. The van der Waals surface area contributed by atoms with E-state index in [9.17, 15) is 4.79 Å². The lowest BCUT2D eigenvalue weighted by molar-refractivity contribution is -0.104. The van der Waals surface area contributed by atoms with Gasteiger partial charge >= 0.3 is 0 Å². The van der Waals surface area contributed by atoms with E-state index in [1.807, 2.05) is 39.2 Å². The Bertz CT molecular complexity index is 353. The first-order chi connectivity index (χ1) is 6.65. The number of allylic oxidation sites excluding steroid dienone is 1. The molecule has 0 fully saturated rings. The summed E-state index contributed by atoms with van der Waals surface area (Å²) in [6, 6.07) is 6.16. The quantitative estimate of drug-likeness (QED) is 0.537. The van der Waals surface area contributed by atoms with Crippen LogP contribution in [0.25, 0.3) is 6.08 Å². The van der Waals surface area contributed by atoms with Gasteiger partial charge in [-0.25, -0.2) is 0 Å². The molecule has 0 aliphatic rings. The molecule has 0 unspecified atom stereocenters. The maximum Gasteiger partial charge on any atom is 0.142 e. The highest BCUT2D eigenvalue weighted by atomic mass is 16.1. The van der Waals surface area contributed by atoms with Gasteiger partial charge < -0.3 is 4.90 Å². The zero-order valence-electron chi connectivity index (χ0n) is 8.82. The van der Waals surface area contributed by atoms with E-state index in [0.717, 1.165) is 11.8 Å². The molecule has 0 radical (unpaired) electrons. The zero-order valence-corrected chi connectivity index (χ0v) is 8.82. The first kappa shape index (κ1) is 10.5. The molecule has 14 heavy (non-hydrogen) atoms. The van der Waals surface area contributed by atoms with Crippen molar-refractivity contribution in [3.63, 3.8) is 0 Å². The SMILES string of the molecule is Cc1cc(N(C)C)ccc1C=CC=O. The fraction of sp³-hybridized carbons (Fsp3) is 0.250. The van der Waals surface area contributed by atoms with Crippen LogP contribution in [0.3, 0.4) is 0 Å². The van der Waals surface area contributed by atoms with Crippen molar-refractivity contribution in [2.45, 2.75) is 6.92 Å². The Kier molecular flexibility index (Phi) is 3.46. The smallest absolute Gasteiger partial charge is 0.142 e. The first-order valence-corrected chi connectivity index (χ1v) is 4.55. The molecule has 0 saturated carbocycles. The maximum absolute atomic E-state index is 10.2. The summed E-state index contributed by atoms with van der Waals surface area (Å²) in [5.41, 5.74) is 3.43.